The van der Waals surface area contributed by atoms with Crippen LogP contribution in [0.2, 0.25) is 0 Å². The molecule has 1 aromatic rings. The fourth-order valence-electron chi connectivity index (χ4n) is 1.50. The first-order chi connectivity index (χ1) is 9.62. The van der Waals surface area contributed by atoms with Crippen molar-refractivity contribution < 1.29 is 19.1 Å². The van der Waals surface area contributed by atoms with Crippen LogP contribution in [0.3, 0.4) is 0 Å². The number of amides is 1. The highest BCUT2D eigenvalue weighted by atomic mass is 16.5. The van der Waals surface area contributed by atoms with E-state index >= 15 is 0 Å². The van der Waals surface area contributed by atoms with Crippen LogP contribution in [0.4, 0.5) is 5.69 Å². The van der Waals surface area contributed by atoms with Crippen molar-refractivity contribution >= 4 is 17.6 Å². The summed E-state index contributed by atoms with van der Waals surface area (Å²) in [5.41, 5.74) is 6.41. The van der Waals surface area contributed by atoms with Crippen molar-refractivity contribution in [3.8, 4) is 0 Å². The van der Waals surface area contributed by atoms with E-state index in [9.17, 15) is 9.59 Å². The third-order valence-electron chi connectivity index (χ3n) is 2.62. The minimum atomic E-state index is -0.691. The first kappa shape index (κ1) is 16.1. The van der Waals surface area contributed by atoms with Gasteiger partial charge in [0.05, 0.1) is 12.2 Å². The molecule has 0 aliphatic carbocycles. The SMILES string of the molecule is CCCOC(=O)c1ccc(NC(=O)C(CN)OC)cc1. The largest absolute Gasteiger partial charge is 0.462 e. The maximum absolute atomic E-state index is 11.7. The first-order valence-electron chi connectivity index (χ1n) is 6.43. The second-order valence-corrected chi connectivity index (χ2v) is 4.16. The van der Waals surface area contributed by atoms with Crippen LogP contribution in [0.5, 0.6) is 0 Å². The van der Waals surface area contributed by atoms with Crippen LogP contribution < -0.4 is 11.1 Å². The number of methoxy groups -OCH3 is 1. The Balaban J connectivity index is 2.62. The van der Waals surface area contributed by atoms with E-state index in [1.54, 1.807) is 24.3 Å². The van der Waals surface area contributed by atoms with Crippen molar-refractivity contribution in [2.45, 2.75) is 19.4 Å². The lowest BCUT2D eigenvalue weighted by Gasteiger charge is -2.13. The second-order valence-electron chi connectivity index (χ2n) is 4.16. The Labute approximate surface area is 118 Å². The molecule has 1 amide bonds. The molecule has 1 aromatic carbocycles. The highest BCUT2D eigenvalue weighted by Gasteiger charge is 2.15. The van der Waals surface area contributed by atoms with Gasteiger partial charge in [-0.1, -0.05) is 6.92 Å². The predicted molar refractivity (Wildman–Crippen MR) is 75.5 cm³/mol. The van der Waals surface area contributed by atoms with Crippen LogP contribution in [-0.2, 0) is 14.3 Å². The van der Waals surface area contributed by atoms with Gasteiger partial charge in [-0.25, -0.2) is 4.79 Å². The summed E-state index contributed by atoms with van der Waals surface area (Å²) in [5, 5.41) is 2.66. The standard InChI is InChI=1S/C14H20N2O4/c1-3-8-20-14(18)10-4-6-11(7-5-10)16-13(17)12(9-15)19-2/h4-7,12H,3,8-9,15H2,1-2H3,(H,16,17). The number of rotatable bonds is 7. The summed E-state index contributed by atoms with van der Waals surface area (Å²) in [6.07, 6.45) is 0.0846. The molecule has 1 unspecified atom stereocenters. The van der Waals surface area contributed by atoms with E-state index in [-0.39, 0.29) is 18.4 Å². The van der Waals surface area contributed by atoms with Crippen LogP contribution in [0.1, 0.15) is 23.7 Å². The monoisotopic (exact) mass is 280 g/mol. The summed E-state index contributed by atoms with van der Waals surface area (Å²) in [5.74, 6) is -0.697. The Morgan fingerprint density at radius 1 is 1.30 bits per heavy atom. The van der Waals surface area contributed by atoms with Gasteiger partial charge in [0, 0.05) is 19.3 Å². The summed E-state index contributed by atoms with van der Waals surface area (Å²) < 4.78 is 9.94. The van der Waals surface area contributed by atoms with E-state index in [2.05, 4.69) is 5.32 Å². The lowest BCUT2D eigenvalue weighted by molar-refractivity contribution is -0.125. The maximum Gasteiger partial charge on any atom is 0.338 e. The minimum Gasteiger partial charge on any atom is -0.462 e. The number of carbonyl (C=O) groups is 2. The van der Waals surface area contributed by atoms with Gasteiger partial charge in [-0.3, -0.25) is 4.79 Å². The normalized spacial score (nSPS) is 11.8. The zero-order valence-electron chi connectivity index (χ0n) is 11.7. The molecule has 1 atom stereocenters. The van der Waals surface area contributed by atoms with Crippen molar-refractivity contribution in [1.82, 2.24) is 0 Å². The van der Waals surface area contributed by atoms with Gasteiger partial charge in [0.25, 0.3) is 5.91 Å². The molecule has 0 aliphatic heterocycles. The molecule has 20 heavy (non-hydrogen) atoms. The summed E-state index contributed by atoms with van der Waals surface area (Å²) in [4.78, 5) is 23.3. The molecular formula is C14H20N2O4. The van der Waals surface area contributed by atoms with Crippen molar-refractivity contribution in [3.63, 3.8) is 0 Å². The molecule has 0 saturated heterocycles. The quantitative estimate of drug-likeness (QED) is 0.731. The number of hydrogen-bond acceptors (Lipinski definition) is 5. The van der Waals surface area contributed by atoms with E-state index in [0.29, 0.717) is 17.9 Å². The second kappa shape index (κ2) is 8.29. The highest BCUT2D eigenvalue weighted by Crippen LogP contribution is 2.11. The highest BCUT2D eigenvalue weighted by molar-refractivity contribution is 5.95. The van der Waals surface area contributed by atoms with Crippen LogP contribution in [0, 0.1) is 0 Å². The molecule has 0 spiro atoms. The summed E-state index contributed by atoms with van der Waals surface area (Å²) in [6.45, 7) is 2.42. The number of benzene rings is 1. The number of esters is 1. The van der Waals surface area contributed by atoms with Gasteiger partial charge in [-0.05, 0) is 30.7 Å². The van der Waals surface area contributed by atoms with Crippen LogP contribution >= 0.6 is 0 Å². The molecule has 0 fully saturated rings. The molecule has 3 N–H and O–H groups in total. The molecule has 0 saturated carbocycles. The molecule has 0 aliphatic rings. The third kappa shape index (κ3) is 4.64. The number of hydrogen-bond donors (Lipinski definition) is 2. The van der Waals surface area contributed by atoms with Crippen molar-refractivity contribution in [3.05, 3.63) is 29.8 Å². The zero-order valence-corrected chi connectivity index (χ0v) is 11.7. The molecule has 0 aromatic heterocycles. The Bertz CT molecular complexity index is 441. The lowest BCUT2D eigenvalue weighted by Crippen LogP contribution is -2.35. The third-order valence-corrected chi connectivity index (χ3v) is 2.62. The van der Waals surface area contributed by atoms with Crippen molar-refractivity contribution in [2.75, 3.05) is 25.6 Å². The number of nitrogens with two attached hydrogens (primary N) is 1. The van der Waals surface area contributed by atoms with Gasteiger partial charge >= 0.3 is 5.97 Å². The van der Waals surface area contributed by atoms with Crippen LogP contribution in [-0.4, -0.2) is 38.2 Å². The Morgan fingerprint density at radius 2 is 1.95 bits per heavy atom. The van der Waals surface area contributed by atoms with E-state index in [4.69, 9.17) is 15.2 Å². The molecule has 0 bridgehead atoms. The van der Waals surface area contributed by atoms with Gasteiger partial charge in [0.15, 0.2) is 0 Å². The molecule has 0 radical (unpaired) electrons. The Hall–Kier alpha value is -1.92. The Kier molecular flexibility index (Phi) is 6.69. The molecule has 6 nitrogen and oxygen atoms in total. The molecule has 1 rings (SSSR count). The summed E-state index contributed by atoms with van der Waals surface area (Å²) in [7, 11) is 1.42. The van der Waals surface area contributed by atoms with E-state index in [0.717, 1.165) is 6.42 Å². The molecule has 6 heteroatoms. The smallest absolute Gasteiger partial charge is 0.338 e. The molecule has 0 heterocycles. The van der Waals surface area contributed by atoms with E-state index in [1.807, 2.05) is 6.92 Å². The molecular weight excluding hydrogens is 260 g/mol. The Morgan fingerprint density at radius 3 is 2.45 bits per heavy atom. The predicted octanol–water partition coefficient (Wildman–Crippen LogP) is 1.17. The van der Waals surface area contributed by atoms with Crippen molar-refractivity contribution in [2.24, 2.45) is 5.73 Å². The number of carbonyl (C=O) groups excluding carboxylic acids is 2. The minimum absolute atomic E-state index is 0.101. The van der Waals surface area contributed by atoms with Crippen molar-refractivity contribution in [1.29, 1.82) is 0 Å². The van der Waals surface area contributed by atoms with Gasteiger partial charge in [-0.2, -0.15) is 0 Å². The topological polar surface area (TPSA) is 90.7 Å². The maximum atomic E-state index is 11.7. The average molecular weight is 280 g/mol. The average Bonchev–Trinajstić information content (AvgIpc) is 2.46. The van der Waals surface area contributed by atoms with Gasteiger partial charge in [0.1, 0.15) is 6.10 Å². The van der Waals surface area contributed by atoms with Gasteiger partial charge in [0.2, 0.25) is 0 Å². The fourth-order valence-corrected chi connectivity index (χ4v) is 1.50. The van der Waals surface area contributed by atoms with E-state index in [1.165, 1.54) is 7.11 Å². The molecule has 110 valence electrons. The number of nitrogens with one attached hydrogen (secondary N) is 1. The van der Waals surface area contributed by atoms with Crippen LogP contribution in [0.25, 0.3) is 0 Å². The first-order valence-corrected chi connectivity index (χ1v) is 6.43. The number of anilines is 1. The van der Waals surface area contributed by atoms with E-state index < -0.39 is 6.10 Å². The fraction of sp³-hybridized carbons (Fsp3) is 0.429. The summed E-state index contributed by atoms with van der Waals surface area (Å²) in [6, 6.07) is 6.45. The van der Waals surface area contributed by atoms with Gasteiger partial charge < -0.3 is 20.5 Å². The van der Waals surface area contributed by atoms with Gasteiger partial charge in [-0.15, -0.1) is 0 Å². The lowest BCUT2D eigenvalue weighted by atomic mass is 10.2. The number of ether oxygens (including phenoxy) is 2. The zero-order chi connectivity index (χ0) is 15.0. The summed E-state index contributed by atoms with van der Waals surface area (Å²) >= 11 is 0. The van der Waals surface area contributed by atoms with Crippen LogP contribution in [0.15, 0.2) is 24.3 Å².